The molecule has 1 fully saturated rings. The third-order valence-corrected chi connectivity index (χ3v) is 4.61. The van der Waals surface area contributed by atoms with Crippen LogP contribution in [0.15, 0.2) is 30.5 Å². The predicted molar refractivity (Wildman–Crippen MR) is 67.5 cm³/mol. The quantitative estimate of drug-likeness (QED) is 0.878. The zero-order valence-electron chi connectivity index (χ0n) is 9.55. The van der Waals surface area contributed by atoms with Crippen molar-refractivity contribution in [2.75, 3.05) is 19.3 Å². The van der Waals surface area contributed by atoms with Crippen LogP contribution in [-0.4, -0.2) is 37.1 Å². The average molecular weight is 250 g/mol. The van der Waals surface area contributed by atoms with E-state index in [9.17, 15) is 8.42 Å². The molecule has 0 atom stereocenters. The number of nitrogens with zero attached hydrogens (tertiary/aromatic N) is 1. The van der Waals surface area contributed by atoms with E-state index in [-0.39, 0.29) is 0 Å². The van der Waals surface area contributed by atoms with E-state index < -0.39 is 10.0 Å². The Hall–Kier alpha value is -1.33. The predicted octanol–water partition coefficient (Wildman–Crippen LogP) is 1.53. The van der Waals surface area contributed by atoms with E-state index in [0.29, 0.717) is 19.0 Å². The second-order valence-corrected chi connectivity index (χ2v) is 6.55. The summed E-state index contributed by atoms with van der Waals surface area (Å²) in [5.41, 5.74) is 2.33. The maximum Gasteiger partial charge on any atom is 0.211 e. The van der Waals surface area contributed by atoms with Gasteiger partial charge in [-0.15, -0.1) is 0 Å². The number of nitrogens with one attached hydrogen (secondary N) is 1. The first-order chi connectivity index (χ1) is 8.05. The van der Waals surface area contributed by atoms with Gasteiger partial charge in [-0.05, 0) is 11.6 Å². The van der Waals surface area contributed by atoms with Crippen molar-refractivity contribution in [2.24, 2.45) is 0 Å². The first kappa shape index (κ1) is 10.8. The molecule has 5 heteroatoms. The van der Waals surface area contributed by atoms with Gasteiger partial charge in [0.05, 0.1) is 6.26 Å². The molecule has 1 saturated heterocycles. The van der Waals surface area contributed by atoms with Crippen LogP contribution in [-0.2, 0) is 10.0 Å². The Bertz CT molecular complexity index is 654. The van der Waals surface area contributed by atoms with E-state index in [1.807, 2.05) is 24.4 Å². The van der Waals surface area contributed by atoms with Crippen LogP contribution in [0.1, 0.15) is 11.5 Å². The standard InChI is InChI=1S/C12H14N2O2S/c1-17(15,16)14-7-9(8-14)11-6-13-12-5-3-2-4-10(11)12/h2-6,9,13H,7-8H2,1H3. The van der Waals surface area contributed by atoms with Crippen LogP contribution in [0.4, 0.5) is 0 Å². The highest BCUT2D eigenvalue weighted by molar-refractivity contribution is 7.88. The fourth-order valence-corrected chi connectivity index (χ4v) is 3.24. The smallest absolute Gasteiger partial charge is 0.211 e. The highest BCUT2D eigenvalue weighted by atomic mass is 32.2. The number of fused-ring (bicyclic) bond motifs is 1. The summed E-state index contributed by atoms with van der Waals surface area (Å²) < 4.78 is 24.1. The molecule has 0 spiro atoms. The van der Waals surface area contributed by atoms with Gasteiger partial charge in [-0.1, -0.05) is 18.2 Å². The van der Waals surface area contributed by atoms with Crippen molar-refractivity contribution in [1.82, 2.24) is 9.29 Å². The molecule has 0 amide bonds. The lowest BCUT2D eigenvalue weighted by Crippen LogP contribution is -2.47. The van der Waals surface area contributed by atoms with Gasteiger partial charge in [-0.2, -0.15) is 0 Å². The fraction of sp³-hybridized carbons (Fsp3) is 0.333. The maximum absolute atomic E-state index is 11.3. The van der Waals surface area contributed by atoms with Gasteiger partial charge in [-0.3, -0.25) is 0 Å². The van der Waals surface area contributed by atoms with Crippen molar-refractivity contribution >= 4 is 20.9 Å². The number of aromatic nitrogens is 1. The van der Waals surface area contributed by atoms with Gasteiger partial charge in [-0.25, -0.2) is 12.7 Å². The summed E-state index contributed by atoms with van der Waals surface area (Å²) in [5, 5.41) is 1.20. The SMILES string of the molecule is CS(=O)(=O)N1CC(c2c[nH]c3ccccc23)C1. The third kappa shape index (κ3) is 1.75. The van der Waals surface area contributed by atoms with Crippen LogP contribution in [0.3, 0.4) is 0 Å². The van der Waals surface area contributed by atoms with E-state index in [4.69, 9.17) is 0 Å². The van der Waals surface area contributed by atoms with Gasteiger partial charge in [0, 0.05) is 36.1 Å². The molecule has 1 N–H and O–H groups in total. The minimum Gasteiger partial charge on any atom is -0.361 e. The number of rotatable bonds is 2. The van der Waals surface area contributed by atoms with Crippen molar-refractivity contribution in [3.63, 3.8) is 0 Å². The molecule has 1 aliphatic rings. The van der Waals surface area contributed by atoms with E-state index in [2.05, 4.69) is 11.1 Å². The summed E-state index contributed by atoms with van der Waals surface area (Å²) in [6.45, 7) is 1.20. The van der Waals surface area contributed by atoms with Crippen molar-refractivity contribution in [3.8, 4) is 0 Å². The van der Waals surface area contributed by atoms with Gasteiger partial charge in [0.15, 0.2) is 0 Å². The molecule has 1 aromatic carbocycles. The lowest BCUT2D eigenvalue weighted by molar-refractivity contribution is 0.267. The third-order valence-electron chi connectivity index (χ3n) is 3.38. The molecule has 0 radical (unpaired) electrons. The van der Waals surface area contributed by atoms with E-state index >= 15 is 0 Å². The van der Waals surface area contributed by atoms with Crippen molar-refractivity contribution in [2.45, 2.75) is 5.92 Å². The highest BCUT2D eigenvalue weighted by Crippen LogP contribution is 2.33. The number of benzene rings is 1. The van der Waals surface area contributed by atoms with Gasteiger partial charge >= 0.3 is 0 Å². The molecule has 2 aromatic rings. The summed E-state index contributed by atoms with van der Waals surface area (Å²) in [4.78, 5) is 3.22. The van der Waals surface area contributed by atoms with Gasteiger partial charge in [0.1, 0.15) is 0 Å². The van der Waals surface area contributed by atoms with Crippen LogP contribution < -0.4 is 0 Å². The molecule has 1 aliphatic heterocycles. The number of hydrogen-bond donors (Lipinski definition) is 1. The number of sulfonamides is 1. The molecule has 90 valence electrons. The minimum atomic E-state index is -3.02. The Labute approximate surface area is 100 Å². The molecule has 4 nitrogen and oxygen atoms in total. The van der Waals surface area contributed by atoms with Crippen LogP contribution >= 0.6 is 0 Å². The number of hydrogen-bond acceptors (Lipinski definition) is 2. The van der Waals surface area contributed by atoms with E-state index in [0.717, 1.165) is 5.52 Å². The fourth-order valence-electron chi connectivity index (χ4n) is 2.34. The van der Waals surface area contributed by atoms with Crippen molar-refractivity contribution in [3.05, 3.63) is 36.0 Å². The Morgan fingerprint density at radius 2 is 2.00 bits per heavy atom. The summed E-state index contributed by atoms with van der Waals surface area (Å²) in [7, 11) is -3.02. The maximum atomic E-state index is 11.3. The summed E-state index contributed by atoms with van der Waals surface area (Å²) in [6, 6.07) is 8.11. The Kier molecular flexibility index (Phi) is 2.27. The minimum absolute atomic E-state index is 0.320. The van der Waals surface area contributed by atoms with Crippen LogP contribution in [0.25, 0.3) is 10.9 Å². The largest absolute Gasteiger partial charge is 0.361 e. The lowest BCUT2D eigenvalue weighted by atomic mass is 9.93. The summed E-state index contributed by atoms with van der Waals surface area (Å²) in [5.74, 6) is 0.320. The van der Waals surface area contributed by atoms with Gasteiger partial charge in [0.25, 0.3) is 0 Å². The first-order valence-electron chi connectivity index (χ1n) is 5.57. The molecule has 0 unspecified atom stereocenters. The molecule has 0 aliphatic carbocycles. The Morgan fingerprint density at radius 1 is 1.29 bits per heavy atom. The zero-order chi connectivity index (χ0) is 12.0. The molecular formula is C12H14N2O2S. The van der Waals surface area contributed by atoms with Crippen LogP contribution in [0.2, 0.25) is 0 Å². The number of aromatic amines is 1. The molecule has 3 rings (SSSR count). The van der Waals surface area contributed by atoms with Gasteiger partial charge < -0.3 is 4.98 Å². The lowest BCUT2D eigenvalue weighted by Gasteiger charge is -2.37. The van der Waals surface area contributed by atoms with Crippen molar-refractivity contribution in [1.29, 1.82) is 0 Å². The van der Waals surface area contributed by atoms with Crippen LogP contribution in [0.5, 0.6) is 0 Å². The Morgan fingerprint density at radius 3 is 2.71 bits per heavy atom. The second kappa shape index (κ2) is 3.58. The normalized spacial score (nSPS) is 18.4. The molecular weight excluding hydrogens is 236 g/mol. The first-order valence-corrected chi connectivity index (χ1v) is 7.41. The molecule has 2 heterocycles. The Balaban J connectivity index is 1.88. The number of para-hydroxylation sites is 1. The van der Waals surface area contributed by atoms with E-state index in [1.165, 1.54) is 21.5 Å². The molecule has 0 bridgehead atoms. The highest BCUT2D eigenvalue weighted by Gasteiger charge is 2.35. The molecule has 17 heavy (non-hydrogen) atoms. The van der Waals surface area contributed by atoms with Crippen LogP contribution in [0, 0.1) is 0 Å². The van der Waals surface area contributed by atoms with Gasteiger partial charge in [0.2, 0.25) is 10.0 Å². The molecule has 1 aromatic heterocycles. The monoisotopic (exact) mass is 250 g/mol. The number of H-pyrrole nitrogens is 1. The molecule has 0 saturated carbocycles. The summed E-state index contributed by atoms with van der Waals surface area (Å²) in [6.07, 6.45) is 3.26. The second-order valence-electron chi connectivity index (χ2n) is 4.57. The average Bonchev–Trinajstić information content (AvgIpc) is 2.58. The van der Waals surface area contributed by atoms with E-state index in [1.54, 1.807) is 0 Å². The summed E-state index contributed by atoms with van der Waals surface area (Å²) >= 11 is 0. The topological polar surface area (TPSA) is 53.2 Å². The zero-order valence-corrected chi connectivity index (χ0v) is 10.4. The van der Waals surface area contributed by atoms with Crippen molar-refractivity contribution < 1.29 is 8.42 Å².